The fourth-order valence-electron chi connectivity index (χ4n) is 3.93. The fourth-order valence-corrected chi connectivity index (χ4v) is 3.93. The number of hydrogen-bond donors (Lipinski definition) is 1. The van der Waals surface area contributed by atoms with Crippen LogP contribution in [0.1, 0.15) is 43.1 Å². The molecule has 7 heteroatoms. The molecule has 174 valence electrons. The molecule has 4 rings (SSSR count). The first kappa shape index (κ1) is 22.7. The zero-order valence-corrected chi connectivity index (χ0v) is 19.6. The van der Waals surface area contributed by atoms with E-state index in [2.05, 4.69) is 5.32 Å². The van der Waals surface area contributed by atoms with Crippen LogP contribution in [0, 0.1) is 5.41 Å². The van der Waals surface area contributed by atoms with Crippen LogP contribution in [-0.2, 0) is 17.9 Å². The topological polar surface area (TPSA) is 78.8 Å². The molecule has 0 unspecified atom stereocenters. The summed E-state index contributed by atoms with van der Waals surface area (Å²) in [7, 11) is 1.59. The third kappa shape index (κ3) is 4.82. The predicted molar refractivity (Wildman–Crippen MR) is 126 cm³/mol. The number of Topliss-reactive ketones (excluding diaryl/α,β-unsaturated/α-hetero) is 1. The largest absolute Gasteiger partial charge is 0.496 e. The Bertz CT molecular complexity index is 1190. The molecular weight excluding hydrogens is 420 g/mol. The van der Waals surface area contributed by atoms with Crippen molar-refractivity contribution >= 4 is 22.6 Å². The van der Waals surface area contributed by atoms with Crippen LogP contribution in [0.3, 0.4) is 0 Å². The molecule has 2 aromatic carbocycles. The molecule has 0 saturated heterocycles. The van der Waals surface area contributed by atoms with Crippen LogP contribution in [-0.4, -0.2) is 36.6 Å². The summed E-state index contributed by atoms with van der Waals surface area (Å²) >= 11 is 0. The smallest absolute Gasteiger partial charge is 0.240 e. The maximum absolute atomic E-state index is 13.0. The van der Waals surface area contributed by atoms with Gasteiger partial charge >= 0.3 is 0 Å². The summed E-state index contributed by atoms with van der Waals surface area (Å²) in [6, 6.07) is 11.3. The number of carbonyl (C=O) groups excluding carboxylic acids is 2. The van der Waals surface area contributed by atoms with Crippen molar-refractivity contribution < 1.29 is 23.8 Å². The zero-order chi connectivity index (χ0) is 23.6. The van der Waals surface area contributed by atoms with Crippen molar-refractivity contribution in [1.82, 2.24) is 9.88 Å². The van der Waals surface area contributed by atoms with E-state index in [4.69, 9.17) is 14.2 Å². The summed E-state index contributed by atoms with van der Waals surface area (Å²) in [6.45, 7) is 7.26. The number of aromatic nitrogens is 1. The number of para-hydroxylation sites is 1. The normalized spacial score (nSPS) is 13.5. The number of methoxy groups -OCH3 is 1. The van der Waals surface area contributed by atoms with Crippen molar-refractivity contribution in [2.45, 2.75) is 40.3 Å². The van der Waals surface area contributed by atoms with Gasteiger partial charge in [0.1, 0.15) is 12.3 Å². The van der Waals surface area contributed by atoms with Crippen molar-refractivity contribution in [2.75, 3.05) is 20.3 Å². The van der Waals surface area contributed by atoms with E-state index in [0.29, 0.717) is 36.0 Å². The van der Waals surface area contributed by atoms with Crippen molar-refractivity contribution in [3.63, 3.8) is 0 Å². The number of ketones is 1. The SMILES string of the molecule is COc1cc2c(cc1CNC(=O)Cn1cc(C(=O)C(C)(C)C)c3ccccc31)OCCCO2. The Morgan fingerprint density at radius 2 is 1.79 bits per heavy atom. The highest BCUT2D eigenvalue weighted by molar-refractivity contribution is 6.10. The lowest BCUT2D eigenvalue weighted by Crippen LogP contribution is -2.27. The molecule has 2 heterocycles. The van der Waals surface area contributed by atoms with Crippen molar-refractivity contribution in [3.8, 4) is 17.2 Å². The standard InChI is InChI=1S/C26H30N2O5/c1-26(2,3)25(30)19-15-28(20-9-6-5-8-18(19)20)16-24(29)27-14-17-12-22-23(13-21(17)31-4)33-11-7-10-32-22/h5-6,8-9,12-13,15H,7,10-11,14,16H2,1-4H3,(H,27,29). The Labute approximate surface area is 193 Å². The van der Waals surface area contributed by atoms with Crippen LogP contribution in [0.4, 0.5) is 0 Å². The van der Waals surface area contributed by atoms with Gasteiger partial charge in [-0.3, -0.25) is 9.59 Å². The third-order valence-electron chi connectivity index (χ3n) is 5.65. The molecule has 0 bridgehead atoms. The zero-order valence-electron chi connectivity index (χ0n) is 19.6. The lowest BCUT2D eigenvalue weighted by molar-refractivity contribution is -0.121. The number of nitrogens with one attached hydrogen (secondary N) is 1. The summed E-state index contributed by atoms with van der Waals surface area (Å²) in [5, 5.41) is 3.81. The molecule has 0 radical (unpaired) electrons. The lowest BCUT2D eigenvalue weighted by atomic mass is 9.86. The molecular formula is C26H30N2O5. The van der Waals surface area contributed by atoms with Gasteiger partial charge in [-0.1, -0.05) is 39.0 Å². The van der Waals surface area contributed by atoms with Gasteiger partial charge in [-0.25, -0.2) is 0 Å². The molecule has 0 spiro atoms. The average molecular weight is 451 g/mol. The predicted octanol–water partition coefficient (Wildman–Crippen LogP) is 4.36. The Morgan fingerprint density at radius 3 is 2.48 bits per heavy atom. The van der Waals surface area contributed by atoms with Gasteiger partial charge in [0.2, 0.25) is 5.91 Å². The Balaban J connectivity index is 1.52. The minimum atomic E-state index is -0.509. The van der Waals surface area contributed by atoms with Crippen LogP contribution in [0.2, 0.25) is 0 Å². The van der Waals surface area contributed by atoms with Gasteiger partial charge in [0, 0.05) is 52.7 Å². The first-order chi connectivity index (χ1) is 15.8. The number of nitrogens with zero attached hydrogens (tertiary/aromatic N) is 1. The maximum atomic E-state index is 13.0. The highest BCUT2D eigenvalue weighted by atomic mass is 16.5. The number of amides is 1. The number of benzene rings is 2. The molecule has 1 aliphatic rings. The minimum Gasteiger partial charge on any atom is -0.496 e. The third-order valence-corrected chi connectivity index (χ3v) is 5.65. The highest BCUT2D eigenvalue weighted by Gasteiger charge is 2.26. The van der Waals surface area contributed by atoms with E-state index >= 15 is 0 Å². The highest BCUT2D eigenvalue weighted by Crippen LogP contribution is 2.36. The lowest BCUT2D eigenvalue weighted by Gasteiger charge is -2.15. The summed E-state index contributed by atoms with van der Waals surface area (Å²) in [6.07, 6.45) is 2.60. The summed E-state index contributed by atoms with van der Waals surface area (Å²) in [5.74, 6) is 1.81. The van der Waals surface area contributed by atoms with Crippen LogP contribution >= 0.6 is 0 Å². The minimum absolute atomic E-state index is 0.0507. The molecule has 0 aliphatic carbocycles. The van der Waals surface area contributed by atoms with Crippen LogP contribution in [0.5, 0.6) is 17.2 Å². The molecule has 1 aliphatic heterocycles. The second-order valence-corrected chi connectivity index (χ2v) is 9.20. The molecule has 1 aromatic heterocycles. The molecule has 1 N–H and O–H groups in total. The molecule has 33 heavy (non-hydrogen) atoms. The van der Waals surface area contributed by atoms with E-state index in [9.17, 15) is 9.59 Å². The molecule has 0 atom stereocenters. The first-order valence-electron chi connectivity index (χ1n) is 11.1. The van der Waals surface area contributed by atoms with Crippen molar-refractivity contribution in [1.29, 1.82) is 0 Å². The van der Waals surface area contributed by atoms with E-state index in [1.165, 1.54) is 0 Å². The number of carbonyl (C=O) groups is 2. The maximum Gasteiger partial charge on any atom is 0.240 e. The van der Waals surface area contributed by atoms with E-state index in [0.717, 1.165) is 22.9 Å². The van der Waals surface area contributed by atoms with Crippen LogP contribution in [0.25, 0.3) is 10.9 Å². The number of rotatable bonds is 6. The summed E-state index contributed by atoms with van der Waals surface area (Å²) < 4.78 is 18.8. The van der Waals surface area contributed by atoms with Crippen LogP contribution < -0.4 is 19.5 Å². The number of fused-ring (bicyclic) bond motifs is 2. The average Bonchev–Trinajstić information content (AvgIpc) is 2.98. The van der Waals surface area contributed by atoms with Gasteiger partial charge in [-0.2, -0.15) is 0 Å². The van der Waals surface area contributed by atoms with Gasteiger partial charge < -0.3 is 24.1 Å². The van der Waals surface area contributed by atoms with E-state index in [-0.39, 0.29) is 24.8 Å². The molecule has 0 fully saturated rings. The molecule has 1 amide bonds. The monoisotopic (exact) mass is 450 g/mol. The summed E-state index contributed by atoms with van der Waals surface area (Å²) in [4.78, 5) is 25.8. The van der Waals surface area contributed by atoms with E-state index < -0.39 is 5.41 Å². The van der Waals surface area contributed by atoms with Crippen LogP contribution in [0.15, 0.2) is 42.6 Å². The fraction of sp³-hybridized carbons (Fsp3) is 0.385. The summed E-state index contributed by atoms with van der Waals surface area (Å²) in [5.41, 5.74) is 1.78. The van der Waals surface area contributed by atoms with Gasteiger partial charge in [-0.15, -0.1) is 0 Å². The molecule has 7 nitrogen and oxygen atoms in total. The quantitative estimate of drug-likeness (QED) is 0.565. The number of ether oxygens (including phenoxy) is 3. The van der Waals surface area contributed by atoms with E-state index in [1.807, 2.05) is 55.7 Å². The van der Waals surface area contributed by atoms with Gasteiger partial charge in [0.25, 0.3) is 0 Å². The Morgan fingerprint density at radius 1 is 1.09 bits per heavy atom. The van der Waals surface area contributed by atoms with Crippen molar-refractivity contribution in [2.24, 2.45) is 5.41 Å². The van der Waals surface area contributed by atoms with Gasteiger partial charge in [0.05, 0.1) is 20.3 Å². The van der Waals surface area contributed by atoms with E-state index in [1.54, 1.807) is 19.4 Å². The number of hydrogen-bond acceptors (Lipinski definition) is 5. The second-order valence-electron chi connectivity index (χ2n) is 9.20. The van der Waals surface area contributed by atoms with Gasteiger partial charge in [0.15, 0.2) is 17.3 Å². The Kier molecular flexibility index (Phi) is 6.31. The Hall–Kier alpha value is -3.48. The molecule has 0 saturated carbocycles. The second kappa shape index (κ2) is 9.17. The van der Waals surface area contributed by atoms with Gasteiger partial charge in [-0.05, 0) is 12.1 Å². The molecule has 3 aromatic rings. The first-order valence-corrected chi connectivity index (χ1v) is 11.1. The van der Waals surface area contributed by atoms with Crippen molar-refractivity contribution in [3.05, 3.63) is 53.7 Å².